The summed E-state index contributed by atoms with van der Waals surface area (Å²) in [5, 5.41) is 3.06. The van der Waals surface area contributed by atoms with Gasteiger partial charge in [-0.1, -0.05) is 84.8 Å². The first-order chi connectivity index (χ1) is 22.0. The van der Waals surface area contributed by atoms with Gasteiger partial charge < -0.3 is 15.0 Å². The molecular weight excluding hydrogens is 598 g/mol. The van der Waals surface area contributed by atoms with Crippen LogP contribution in [-0.2, 0) is 32.6 Å². The van der Waals surface area contributed by atoms with Gasteiger partial charge in [0, 0.05) is 19.0 Å². The van der Waals surface area contributed by atoms with E-state index >= 15 is 0 Å². The lowest BCUT2D eigenvalue weighted by Gasteiger charge is -2.34. The Labute approximate surface area is 273 Å². The maximum absolute atomic E-state index is 14.6. The van der Waals surface area contributed by atoms with Crippen molar-refractivity contribution in [3.63, 3.8) is 0 Å². The second-order valence-corrected chi connectivity index (χ2v) is 13.4. The SMILES string of the molecule is CC[C@H](C)NC(=O)[C@H](Cc1ccccc1)N(Cc1cccc(C)c1)C(=O)CN(c1ccc(C)cc1)S(=O)(=O)c1ccc(OC)cc1. The highest BCUT2D eigenvalue weighted by atomic mass is 32.2. The summed E-state index contributed by atoms with van der Waals surface area (Å²) < 4.78 is 34.7. The number of sulfonamides is 1. The number of anilines is 1. The molecule has 0 saturated carbocycles. The van der Waals surface area contributed by atoms with Crippen molar-refractivity contribution in [1.82, 2.24) is 10.2 Å². The highest BCUT2D eigenvalue weighted by molar-refractivity contribution is 7.92. The zero-order valence-corrected chi connectivity index (χ0v) is 28.0. The van der Waals surface area contributed by atoms with E-state index in [0.717, 1.165) is 33.0 Å². The fourth-order valence-corrected chi connectivity index (χ4v) is 6.53. The number of amides is 2. The van der Waals surface area contributed by atoms with E-state index in [1.807, 2.05) is 82.3 Å². The number of nitrogens with one attached hydrogen (secondary N) is 1. The Kier molecular flexibility index (Phi) is 11.6. The molecule has 0 aromatic heterocycles. The van der Waals surface area contributed by atoms with Gasteiger partial charge in [0.25, 0.3) is 10.0 Å². The van der Waals surface area contributed by atoms with Crippen molar-refractivity contribution in [2.45, 2.75) is 64.1 Å². The van der Waals surface area contributed by atoms with E-state index in [0.29, 0.717) is 11.4 Å². The van der Waals surface area contributed by atoms with Gasteiger partial charge in [0.05, 0.1) is 17.7 Å². The third-order valence-corrected chi connectivity index (χ3v) is 9.74. The van der Waals surface area contributed by atoms with E-state index in [1.54, 1.807) is 36.4 Å². The normalized spacial score (nSPS) is 12.5. The van der Waals surface area contributed by atoms with E-state index in [1.165, 1.54) is 24.1 Å². The second kappa shape index (κ2) is 15.6. The number of hydrogen-bond acceptors (Lipinski definition) is 5. The zero-order valence-electron chi connectivity index (χ0n) is 27.1. The predicted octanol–water partition coefficient (Wildman–Crippen LogP) is 6.06. The van der Waals surface area contributed by atoms with Crippen LogP contribution < -0.4 is 14.4 Å². The summed E-state index contributed by atoms with van der Waals surface area (Å²) in [6.45, 7) is 7.39. The van der Waals surface area contributed by atoms with Gasteiger partial charge in [-0.05, 0) is 74.7 Å². The topological polar surface area (TPSA) is 96.0 Å². The van der Waals surface area contributed by atoms with Crippen LogP contribution in [-0.4, -0.2) is 50.9 Å². The van der Waals surface area contributed by atoms with Gasteiger partial charge in [-0.3, -0.25) is 13.9 Å². The summed E-state index contributed by atoms with van der Waals surface area (Å²) in [5.41, 5.74) is 4.02. The van der Waals surface area contributed by atoms with Crippen molar-refractivity contribution in [3.05, 3.63) is 125 Å². The number of aryl methyl sites for hydroxylation is 2. The van der Waals surface area contributed by atoms with Crippen LogP contribution in [0, 0.1) is 13.8 Å². The average molecular weight is 642 g/mol. The van der Waals surface area contributed by atoms with Crippen LogP contribution in [0.5, 0.6) is 5.75 Å². The molecule has 0 bridgehead atoms. The van der Waals surface area contributed by atoms with Gasteiger partial charge in [0.1, 0.15) is 18.3 Å². The average Bonchev–Trinajstić information content (AvgIpc) is 3.06. The van der Waals surface area contributed by atoms with E-state index in [-0.39, 0.29) is 29.8 Å². The molecule has 4 rings (SSSR count). The first-order valence-electron chi connectivity index (χ1n) is 15.4. The quantitative estimate of drug-likeness (QED) is 0.181. The molecule has 0 spiro atoms. The van der Waals surface area contributed by atoms with Gasteiger partial charge in [-0.2, -0.15) is 0 Å². The van der Waals surface area contributed by atoms with E-state index in [9.17, 15) is 18.0 Å². The van der Waals surface area contributed by atoms with Gasteiger partial charge >= 0.3 is 0 Å². The van der Waals surface area contributed by atoms with Crippen molar-refractivity contribution in [2.75, 3.05) is 18.0 Å². The van der Waals surface area contributed by atoms with Crippen LogP contribution in [0.3, 0.4) is 0 Å². The van der Waals surface area contributed by atoms with Crippen molar-refractivity contribution in [3.8, 4) is 5.75 Å². The Morgan fingerprint density at radius 3 is 2.09 bits per heavy atom. The number of hydrogen-bond donors (Lipinski definition) is 1. The molecule has 0 radical (unpaired) electrons. The highest BCUT2D eigenvalue weighted by Crippen LogP contribution is 2.27. The lowest BCUT2D eigenvalue weighted by molar-refractivity contribution is -0.140. The number of carbonyl (C=O) groups excluding carboxylic acids is 2. The van der Waals surface area contributed by atoms with Crippen molar-refractivity contribution in [1.29, 1.82) is 0 Å². The maximum atomic E-state index is 14.6. The first-order valence-corrected chi connectivity index (χ1v) is 16.9. The van der Waals surface area contributed by atoms with Crippen molar-refractivity contribution in [2.24, 2.45) is 0 Å². The van der Waals surface area contributed by atoms with Gasteiger partial charge in [0.2, 0.25) is 11.8 Å². The molecule has 8 nitrogen and oxygen atoms in total. The third-order valence-electron chi connectivity index (χ3n) is 7.96. The van der Waals surface area contributed by atoms with Crippen molar-refractivity contribution < 1.29 is 22.7 Å². The smallest absolute Gasteiger partial charge is 0.264 e. The second-order valence-electron chi connectivity index (χ2n) is 11.6. The van der Waals surface area contributed by atoms with Gasteiger partial charge in [-0.25, -0.2) is 8.42 Å². The molecule has 0 unspecified atom stereocenters. The molecule has 4 aromatic carbocycles. The number of ether oxygens (including phenoxy) is 1. The molecule has 0 aliphatic carbocycles. The lowest BCUT2D eigenvalue weighted by atomic mass is 10.0. The van der Waals surface area contributed by atoms with Crippen LogP contribution in [0.25, 0.3) is 0 Å². The van der Waals surface area contributed by atoms with Crippen LogP contribution >= 0.6 is 0 Å². The molecule has 9 heteroatoms. The van der Waals surface area contributed by atoms with E-state index in [4.69, 9.17) is 4.74 Å². The summed E-state index contributed by atoms with van der Waals surface area (Å²) in [6.07, 6.45) is 0.980. The molecule has 0 heterocycles. The molecule has 0 fully saturated rings. The fraction of sp³-hybridized carbons (Fsp3) is 0.297. The van der Waals surface area contributed by atoms with E-state index < -0.39 is 28.5 Å². The minimum Gasteiger partial charge on any atom is -0.497 e. The monoisotopic (exact) mass is 641 g/mol. The summed E-state index contributed by atoms with van der Waals surface area (Å²) >= 11 is 0. The minimum absolute atomic E-state index is 0.0160. The largest absolute Gasteiger partial charge is 0.497 e. The molecule has 0 aliphatic heterocycles. The Morgan fingerprint density at radius 2 is 1.48 bits per heavy atom. The number of rotatable bonds is 14. The summed E-state index contributed by atoms with van der Waals surface area (Å²) in [4.78, 5) is 30.1. The summed E-state index contributed by atoms with van der Waals surface area (Å²) in [5.74, 6) is -0.282. The lowest BCUT2D eigenvalue weighted by Crippen LogP contribution is -2.54. The van der Waals surface area contributed by atoms with Crippen LogP contribution in [0.1, 0.15) is 42.5 Å². The van der Waals surface area contributed by atoms with Crippen LogP contribution in [0.4, 0.5) is 5.69 Å². The molecule has 46 heavy (non-hydrogen) atoms. The Balaban J connectivity index is 1.80. The number of carbonyl (C=O) groups is 2. The van der Waals surface area contributed by atoms with E-state index in [2.05, 4.69) is 5.32 Å². The fourth-order valence-electron chi connectivity index (χ4n) is 5.12. The molecule has 0 aliphatic rings. The summed E-state index contributed by atoms with van der Waals surface area (Å²) in [7, 11) is -2.69. The van der Waals surface area contributed by atoms with Gasteiger partial charge in [-0.15, -0.1) is 0 Å². The van der Waals surface area contributed by atoms with Crippen LogP contribution in [0.2, 0.25) is 0 Å². The minimum atomic E-state index is -4.20. The first kappa shape index (κ1) is 34.2. The van der Waals surface area contributed by atoms with Gasteiger partial charge in [0.15, 0.2) is 0 Å². The molecule has 1 N–H and O–H groups in total. The number of methoxy groups -OCH3 is 1. The molecule has 242 valence electrons. The molecule has 2 atom stereocenters. The zero-order chi connectivity index (χ0) is 33.3. The number of nitrogens with zero attached hydrogens (tertiary/aromatic N) is 2. The maximum Gasteiger partial charge on any atom is 0.264 e. The number of benzene rings is 4. The molecule has 0 saturated heterocycles. The third kappa shape index (κ3) is 8.75. The van der Waals surface area contributed by atoms with Crippen LogP contribution in [0.15, 0.2) is 108 Å². The standard InChI is InChI=1S/C37H43N3O5S/c1-6-29(4)38-37(42)35(24-30-12-8-7-9-13-30)39(25-31-14-10-11-28(3)23-31)36(41)26-40(32-17-15-27(2)16-18-32)46(43,44)34-21-19-33(45-5)20-22-34/h7-23,29,35H,6,24-26H2,1-5H3,(H,38,42)/t29-,35-/m0/s1. The Bertz CT molecular complexity index is 1710. The molecule has 2 amide bonds. The molecule has 4 aromatic rings. The Morgan fingerprint density at radius 1 is 0.826 bits per heavy atom. The Hall–Kier alpha value is -4.63. The highest BCUT2D eigenvalue weighted by Gasteiger charge is 2.35. The molecular formula is C37H43N3O5S. The predicted molar refractivity (Wildman–Crippen MR) is 182 cm³/mol. The van der Waals surface area contributed by atoms with Crippen molar-refractivity contribution >= 4 is 27.5 Å². The summed E-state index contributed by atoms with van der Waals surface area (Å²) in [6, 6.07) is 29.3.